The van der Waals surface area contributed by atoms with E-state index in [1.54, 1.807) is 0 Å². The first kappa shape index (κ1) is 25.5. The van der Waals surface area contributed by atoms with Crippen molar-refractivity contribution in [3.05, 3.63) is 29.7 Å². The number of benzene rings is 1. The number of anilines is 4. The number of alkyl halides is 2. The number of methoxy groups -OCH3 is 1. The zero-order valence-corrected chi connectivity index (χ0v) is 19.8. The molecular weight excluding hydrogens is 483 g/mol. The van der Waals surface area contributed by atoms with Gasteiger partial charge in [0.05, 0.1) is 37.7 Å². The Morgan fingerprint density at radius 1 is 1.31 bits per heavy atom. The van der Waals surface area contributed by atoms with Crippen LogP contribution in [0, 0.1) is 5.82 Å². The Hall–Kier alpha value is -3.61. The number of nitrogens with zero attached hydrogens (tertiary/aromatic N) is 4. The molecule has 36 heavy (non-hydrogen) atoms. The molecule has 2 aliphatic rings. The number of aliphatic hydroxyl groups excluding tert-OH is 1. The highest BCUT2D eigenvalue weighted by molar-refractivity contribution is 6.02. The Labute approximate surface area is 205 Å². The molecule has 0 unspecified atom stereocenters. The van der Waals surface area contributed by atoms with Gasteiger partial charge in [-0.25, -0.2) is 14.2 Å². The van der Waals surface area contributed by atoms with Crippen molar-refractivity contribution in [2.24, 2.45) is 0 Å². The smallest absolute Gasteiger partial charge is 0.342 e. The first-order chi connectivity index (χ1) is 17.2. The van der Waals surface area contributed by atoms with Crippen molar-refractivity contribution >= 4 is 35.0 Å². The fraction of sp³-hybridized carbons (Fsp3) is 0.478. The van der Waals surface area contributed by atoms with Crippen molar-refractivity contribution in [3.63, 3.8) is 0 Å². The van der Waals surface area contributed by atoms with E-state index in [2.05, 4.69) is 20.0 Å². The lowest BCUT2D eigenvalue weighted by molar-refractivity contribution is -0.140. The summed E-state index contributed by atoms with van der Waals surface area (Å²) in [4.78, 5) is 35.2. The molecule has 4 rings (SSSR count). The Bertz CT molecular complexity index is 1160. The SMILES string of the molecule is COC(=O)c1cc(OCCO)c(Nc2ncc3c(n2)N(C2CCCC2)CC(F)(F)C(=O)N3C)cc1F. The Morgan fingerprint density at radius 3 is 2.69 bits per heavy atom. The third kappa shape index (κ3) is 4.87. The standard InChI is InChI=1S/C23H26F3N5O5/c1-30-17-11-27-22(28-16-10-15(24)14(20(33)35-2)9-18(16)36-8-7-32)29-19(17)31(13-5-3-4-6-13)12-23(25,26)21(30)34/h9-11,13,32H,3-8,12H2,1-2H3,(H,27,28,29). The van der Waals surface area contributed by atoms with Crippen molar-refractivity contribution in [2.45, 2.75) is 37.6 Å². The van der Waals surface area contributed by atoms with Gasteiger partial charge in [0.1, 0.15) is 23.9 Å². The van der Waals surface area contributed by atoms with Crippen LogP contribution in [-0.2, 0) is 9.53 Å². The highest BCUT2D eigenvalue weighted by Crippen LogP contribution is 2.40. The van der Waals surface area contributed by atoms with Crippen LogP contribution < -0.4 is 19.9 Å². The number of hydrogen-bond acceptors (Lipinski definition) is 9. The van der Waals surface area contributed by atoms with Crippen LogP contribution in [0.3, 0.4) is 0 Å². The molecule has 2 heterocycles. The second-order valence-electron chi connectivity index (χ2n) is 8.55. The van der Waals surface area contributed by atoms with Gasteiger partial charge < -0.3 is 29.7 Å². The number of aliphatic hydroxyl groups is 1. The van der Waals surface area contributed by atoms with Crippen molar-refractivity contribution in [1.29, 1.82) is 0 Å². The second kappa shape index (κ2) is 10.2. The summed E-state index contributed by atoms with van der Waals surface area (Å²) < 4.78 is 54.2. The first-order valence-electron chi connectivity index (χ1n) is 11.4. The summed E-state index contributed by atoms with van der Waals surface area (Å²) in [6.45, 7) is -1.31. The van der Waals surface area contributed by atoms with E-state index in [4.69, 9.17) is 9.84 Å². The summed E-state index contributed by atoms with van der Waals surface area (Å²) in [5, 5.41) is 11.9. The zero-order valence-electron chi connectivity index (χ0n) is 19.8. The molecule has 0 spiro atoms. The summed E-state index contributed by atoms with van der Waals surface area (Å²) in [6.07, 6.45) is 4.36. The van der Waals surface area contributed by atoms with Gasteiger partial charge in [-0.1, -0.05) is 12.8 Å². The van der Waals surface area contributed by atoms with Crippen molar-refractivity contribution in [2.75, 3.05) is 49.0 Å². The molecule has 1 aliphatic carbocycles. The molecular formula is C23H26F3N5O5. The Morgan fingerprint density at radius 2 is 2.03 bits per heavy atom. The number of fused-ring (bicyclic) bond motifs is 1. The average Bonchev–Trinajstić information content (AvgIpc) is 3.38. The predicted molar refractivity (Wildman–Crippen MR) is 124 cm³/mol. The highest BCUT2D eigenvalue weighted by Gasteiger charge is 2.48. The Balaban J connectivity index is 1.75. The van der Waals surface area contributed by atoms with Crippen molar-refractivity contribution in [3.8, 4) is 5.75 Å². The van der Waals surface area contributed by atoms with Crippen LogP contribution in [-0.4, -0.2) is 72.8 Å². The molecule has 2 aromatic rings. The fourth-order valence-electron chi connectivity index (χ4n) is 4.42. The molecule has 13 heteroatoms. The number of carbonyl (C=O) groups is 2. The van der Waals surface area contributed by atoms with Crippen LogP contribution >= 0.6 is 0 Å². The van der Waals surface area contributed by atoms with E-state index in [1.807, 2.05) is 0 Å². The van der Waals surface area contributed by atoms with Crippen LogP contribution in [0.2, 0.25) is 0 Å². The molecule has 0 atom stereocenters. The minimum Gasteiger partial charge on any atom is -0.489 e. The second-order valence-corrected chi connectivity index (χ2v) is 8.55. The monoisotopic (exact) mass is 509 g/mol. The number of esters is 1. The Kier molecular flexibility index (Phi) is 7.20. The van der Waals surface area contributed by atoms with Gasteiger partial charge in [-0.15, -0.1) is 0 Å². The minimum atomic E-state index is -3.62. The summed E-state index contributed by atoms with van der Waals surface area (Å²) in [6, 6.07) is 1.87. The van der Waals surface area contributed by atoms with Crippen LogP contribution in [0.1, 0.15) is 36.0 Å². The number of hydrogen-bond donors (Lipinski definition) is 2. The molecule has 0 radical (unpaired) electrons. The van der Waals surface area contributed by atoms with Gasteiger partial charge in [-0.3, -0.25) is 4.79 Å². The zero-order chi connectivity index (χ0) is 26.0. The topological polar surface area (TPSA) is 117 Å². The summed E-state index contributed by atoms with van der Waals surface area (Å²) in [7, 11) is 2.35. The number of amides is 1. The number of carbonyl (C=O) groups excluding carboxylic acids is 2. The first-order valence-corrected chi connectivity index (χ1v) is 11.4. The fourth-order valence-corrected chi connectivity index (χ4v) is 4.42. The van der Waals surface area contributed by atoms with E-state index in [1.165, 1.54) is 18.1 Å². The van der Waals surface area contributed by atoms with Crippen LogP contribution in [0.4, 0.5) is 36.3 Å². The maximum atomic E-state index is 14.8. The van der Waals surface area contributed by atoms with Gasteiger partial charge in [0, 0.05) is 19.2 Å². The van der Waals surface area contributed by atoms with E-state index in [9.17, 15) is 22.8 Å². The number of aromatic nitrogens is 2. The van der Waals surface area contributed by atoms with Gasteiger partial charge in [0.25, 0.3) is 5.91 Å². The molecule has 1 amide bonds. The van der Waals surface area contributed by atoms with E-state index in [-0.39, 0.29) is 53.7 Å². The quantitative estimate of drug-likeness (QED) is 0.544. The molecule has 194 valence electrons. The van der Waals surface area contributed by atoms with Gasteiger partial charge in [0.2, 0.25) is 5.95 Å². The highest BCUT2D eigenvalue weighted by atomic mass is 19.3. The molecule has 1 fully saturated rings. The van der Waals surface area contributed by atoms with E-state index in [0.717, 1.165) is 37.0 Å². The number of ether oxygens (including phenoxy) is 2. The molecule has 1 aromatic heterocycles. The lowest BCUT2D eigenvalue weighted by Crippen LogP contribution is -2.48. The minimum absolute atomic E-state index is 0.0101. The molecule has 2 N–H and O–H groups in total. The van der Waals surface area contributed by atoms with E-state index in [0.29, 0.717) is 12.8 Å². The lowest BCUT2D eigenvalue weighted by Gasteiger charge is -2.31. The van der Waals surface area contributed by atoms with Gasteiger partial charge in [-0.05, 0) is 18.9 Å². The third-order valence-corrected chi connectivity index (χ3v) is 6.21. The number of nitrogens with one attached hydrogen (secondary N) is 1. The average molecular weight is 509 g/mol. The maximum absolute atomic E-state index is 14.8. The molecule has 0 bridgehead atoms. The normalized spacial score (nSPS) is 17.6. The number of rotatable bonds is 7. The third-order valence-electron chi connectivity index (χ3n) is 6.21. The largest absolute Gasteiger partial charge is 0.489 e. The molecule has 1 saturated carbocycles. The molecule has 1 aromatic carbocycles. The van der Waals surface area contributed by atoms with E-state index >= 15 is 0 Å². The predicted octanol–water partition coefficient (Wildman–Crippen LogP) is 2.88. The van der Waals surface area contributed by atoms with Crippen LogP contribution in [0.15, 0.2) is 18.3 Å². The van der Waals surface area contributed by atoms with Gasteiger partial charge >= 0.3 is 11.9 Å². The van der Waals surface area contributed by atoms with Gasteiger partial charge in [-0.2, -0.15) is 13.8 Å². The molecule has 1 aliphatic heterocycles. The maximum Gasteiger partial charge on any atom is 0.342 e. The van der Waals surface area contributed by atoms with Crippen LogP contribution in [0.5, 0.6) is 5.75 Å². The lowest BCUT2D eigenvalue weighted by atomic mass is 10.1. The summed E-state index contributed by atoms with van der Waals surface area (Å²) in [5.41, 5.74) is -0.225. The molecule has 10 nitrogen and oxygen atoms in total. The number of halogens is 3. The van der Waals surface area contributed by atoms with E-state index < -0.39 is 30.2 Å². The molecule has 0 saturated heterocycles. The summed E-state index contributed by atoms with van der Waals surface area (Å²) in [5.74, 6) is -6.71. The van der Waals surface area contributed by atoms with Crippen molar-refractivity contribution < 1.29 is 37.3 Å². The van der Waals surface area contributed by atoms with Crippen LogP contribution in [0.25, 0.3) is 0 Å². The van der Waals surface area contributed by atoms with Crippen molar-refractivity contribution in [1.82, 2.24) is 9.97 Å². The van der Waals surface area contributed by atoms with Gasteiger partial charge in [0.15, 0.2) is 5.82 Å². The summed E-state index contributed by atoms with van der Waals surface area (Å²) >= 11 is 0.